The Morgan fingerprint density at radius 3 is 2.50 bits per heavy atom. The predicted octanol–water partition coefficient (Wildman–Crippen LogP) is 4.16. The first-order valence-corrected chi connectivity index (χ1v) is 6.08. The van der Waals surface area contributed by atoms with Gasteiger partial charge in [0.1, 0.15) is 5.75 Å². The van der Waals surface area contributed by atoms with Crippen LogP contribution < -0.4 is 4.74 Å². The number of nitrogens with zero attached hydrogens (tertiary/aromatic N) is 1. The van der Waals surface area contributed by atoms with Gasteiger partial charge in [-0.25, -0.2) is 0 Å². The second kappa shape index (κ2) is 5.71. The van der Waals surface area contributed by atoms with E-state index in [1.54, 1.807) is 31.2 Å². The molecule has 0 atom stereocenters. The molecule has 0 unspecified atom stereocenters. The maximum absolute atomic E-state index is 11.1. The Kier molecular flexibility index (Phi) is 4.00. The molecular weight excluding hydrogens is 282 g/mol. The van der Waals surface area contributed by atoms with Gasteiger partial charge in [0.2, 0.25) is 5.75 Å². The Morgan fingerprint density at radius 1 is 1.20 bits per heavy atom. The topological polar surface area (TPSA) is 69.4 Å². The number of carbonyl (C=O) groups excluding carboxylic acids is 1. The van der Waals surface area contributed by atoms with Gasteiger partial charge in [0, 0.05) is 5.56 Å². The molecule has 2 aromatic rings. The number of aryl methyl sites for hydroxylation is 1. The second-order valence-corrected chi connectivity index (χ2v) is 4.46. The zero-order valence-corrected chi connectivity index (χ0v) is 11.3. The monoisotopic (exact) mass is 291 g/mol. The van der Waals surface area contributed by atoms with Crippen molar-refractivity contribution in [3.8, 4) is 11.5 Å². The van der Waals surface area contributed by atoms with E-state index in [0.717, 1.165) is 0 Å². The molecular formula is C14H10ClNO4. The van der Waals surface area contributed by atoms with E-state index in [1.807, 2.05) is 0 Å². The summed E-state index contributed by atoms with van der Waals surface area (Å²) in [5.41, 5.74) is 0.497. The minimum absolute atomic E-state index is 0.0698. The molecule has 0 aliphatic carbocycles. The molecule has 0 aliphatic heterocycles. The van der Waals surface area contributed by atoms with Crippen LogP contribution in [0.3, 0.4) is 0 Å². The molecule has 0 N–H and O–H groups in total. The third-order valence-electron chi connectivity index (χ3n) is 2.73. The molecule has 0 radical (unpaired) electrons. The predicted molar refractivity (Wildman–Crippen MR) is 74.7 cm³/mol. The van der Waals surface area contributed by atoms with E-state index in [4.69, 9.17) is 16.3 Å². The highest BCUT2D eigenvalue weighted by Gasteiger charge is 2.20. The van der Waals surface area contributed by atoms with Crippen LogP contribution in [-0.2, 0) is 0 Å². The lowest BCUT2D eigenvalue weighted by Crippen LogP contribution is -1.97. The summed E-state index contributed by atoms with van der Waals surface area (Å²) in [4.78, 5) is 21.6. The van der Waals surface area contributed by atoms with Crippen molar-refractivity contribution in [2.75, 3.05) is 0 Å². The summed E-state index contributed by atoms with van der Waals surface area (Å²) in [6, 6.07) is 9.41. The third-order valence-corrected chi connectivity index (χ3v) is 3.06. The molecule has 2 rings (SSSR count). The Bertz CT molecular complexity index is 685. The summed E-state index contributed by atoms with van der Waals surface area (Å²) in [6.07, 6.45) is 0.555. The number of aldehydes is 1. The van der Waals surface area contributed by atoms with E-state index in [2.05, 4.69) is 0 Å². The zero-order valence-electron chi connectivity index (χ0n) is 10.5. The number of halogens is 1. The van der Waals surface area contributed by atoms with E-state index < -0.39 is 4.92 Å². The first-order chi connectivity index (χ1) is 9.54. The quantitative estimate of drug-likeness (QED) is 0.482. The first-order valence-electron chi connectivity index (χ1n) is 5.70. The minimum atomic E-state index is -0.518. The van der Waals surface area contributed by atoms with Gasteiger partial charge in [-0.15, -0.1) is 0 Å². The fourth-order valence-corrected chi connectivity index (χ4v) is 2.00. The van der Waals surface area contributed by atoms with E-state index in [0.29, 0.717) is 11.8 Å². The lowest BCUT2D eigenvalue weighted by atomic mass is 10.2. The highest BCUT2D eigenvalue weighted by Crippen LogP contribution is 2.36. The number of hydrogen-bond donors (Lipinski definition) is 0. The molecule has 0 aromatic heterocycles. The SMILES string of the molecule is Cc1cccc(Oc2cccc(Cl)c2C=O)c1[N+](=O)[O-]. The molecule has 2 aromatic carbocycles. The number of hydrogen-bond acceptors (Lipinski definition) is 4. The maximum Gasteiger partial charge on any atom is 0.314 e. The Morgan fingerprint density at radius 2 is 1.85 bits per heavy atom. The first kappa shape index (κ1) is 14.0. The van der Waals surface area contributed by atoms with Gasteiger partial charge >= 0.3 is 5.69 Å². The van der Waals surface area contributed by atoms with Gasteiger partial charge in [0.25, 0.3) is 0 Å². The molecule has 102 valence electrons. The van der Waals surface area contributed by atoms with Crippen molar-refractivity contribution in [1.29, 1.82) is 0 Å². The van der Waals surface area contributed by atoms with Crippen molar-refractivity contribution in [1.82, 2.24) is 0 Å². The van der Waals surface area contributed by atoms with Gasteiger partial charge in [-0.3, -0.25) is 14.9 Å². The van der Waals surface area contributed by atoms with Crippen LogP contribution in [0.15, 0.2) is 36.4 Å². The van der Waals surface area contributed by atoms with Crippen LogP contribution in [-0.4, -0.2) is 11.2 Å². The van der Waals surface area contributed by atoms with Gasteiger partial charge < -0.3 is 4.74 Å². The number of ether oxygens (including phenoxy) is 1. The van der Waals surface area contributed by atoms with Crippen molar-refractivity contribution in [3.05, 3.63) is 62.7 Å². The third kappa shape index (κ3) is 2.62. The summed E-state index contributed by atoms with van der Waals surface area (Å²) in [5, 5.41) is 11.3. The van der Waals surface area contributed by atoms with Crippen molar-refractivity contribution < 1.29 is 14.5 Å². The molecule has 0 saturated carbocycles. The van der Waals surface area contributed by atoms with Gasteiger partial charge in [0.05, 0.1) is 15.5 Å². The fourth-order valence-electron chi connectivity index (χ4n) is 1.79. The molecule has 0 heterocycles. The van der Waals surface area contributed by atoms with Crippen LogP contribution in [0.2, 0.25) is 5.02 Å². The van der Waals surface area contributed by atoms with E-state index in [1.165, 1.54) is 12.1 Å². The number of carbonyl (C=O) groups is 1. The van der Waals surface area contributed by atoms with Crippen molar-refractivity contribution in [2.24, 2.45) is 0 Å². The van der Waals surface area contributed by atoms with Crippen molar-refractivity contribution in [3.63, 3.8) is 0 Å². The molecule has 6 heteroatoms. The Hall–Kier alpha value is -2.40. The van der Waals surface area contributed by atoms with Crippen LogP contribution in [0, 0.1) is 17.0 Å². The summed E-state index contributed by atoms with van der Waals surface area (Å²) >= 11 is 5.88. The average molecular weight is 292 g/mol. The molecule has 0 bridgehead atoms. The highest BCUT2D eigenvalue weighted by molar-refractivity contribution is 6.33. The van der Waals surface area contributed by atoms with Gasteiger partial charge in [-0.05, 0) is 25.1 Å². The average Bonchev–Trinajstić information content (AvgIpc) is 2.38. The number of rotatable bonds is 4. The Balaban J connectivity index is 2.51. The van der Waals surface area contributed by atoms with Crippen LogP contribution in [0.5, 0.6) is 11.5 Å². The summed E-state index contributed by atoms with van der Waals surface area (Å²) < 4.78 is 5.50. The van der Waals surface area contributed by atoms with Gasteiger partial charge in [0.15, 0.2) is 6.29 Å². The van der Waals surface area contributed by atoms with E-state index >= 15 is 0 Å². The normalized spacial score (nSPS) is 10.1. The number of nitro benzene ring substituents is 1. The standard InChI is InChI=1S/C14H10ClNO4/c1-9-4-2-7-13(14(9)16(18)19)20-12-6-3-5-11(15)10(12)8-17/h2-8H,1H3. The fraction of sp³-hybridized carbons (Fsp3) is 0.0714. The lowest BCUT2D eigenvalue weighted by molar-refractivity contribution is -0.386. The largest absolute Gasteiger partial charge is 0.449 e. The maximum atomic E-state index is 11.1. The lowest BCUT2D eigenvalue weighted by Gasteiger charge is -2.10. The van der Waals surface area contributed by atoms with Crippen LogP contribution >= 0.6 is 11.6 Å². The molecule has 0 amide bonds. The summed E-state index contributed by atoms with van der Waals surface area (Å²) in [6.45, 7) is 1.61. The second-order valence-electron chi connectivity index (χ2n) is 4.05. The van der Waals surface area contributed by atoms with Crippen LogP contribution in [0.4, 0.5) is 5.69 Å². The van der Waals surface area contributed by atoms with Gasteiger partial charge in [-0.2, -0.15) is 0 Å². The molecule has 0 spiro atoms. The van der Waals surface area contributed by atoms with E-state index in [9.17, 15) is 14.9 Å². The van der Waals surface area contributed by atoms with Gasteiger partial charge in [-0.1, -0.05) is 29.8 Å². The van der Waals surface area contributed by atoms with Crippen LogP contribution in [0.25, 0.3) is 0 Å². The highest BCUT2D eigenvalue weighted by atomic mass is 35.5. The number of nitro groups is 1. The zero-order chi connectivity index (χ0) is 14.7. The summed E-state index contributed by atoms with van der Waals surface area (Å²) in [7, 11) is 0. The number of benzene rings is 2. The smallest absolute Gasteiger partial charge is 0.314 e. The molecule has 0 fully saturated rings. The molecule has 20 heavy (non-hydrogen) atoms. The van der Waals surface area contributed by atoms with Crippen molar-refractivity contribution in [2.45, 2.75) is 6.92 Å². The van der Waals surface area contributed by atoms with Crippen molar-refractivity contribution >= 4 is 23.6 Å². The molecule has 5 nitrogen and oxygen atoms in total. The Labute approximate surface area is 119 Å². The summed E-state index contributed by atoms with van der Waals surface area (Å²) in [5.74, 6) is 0.251. The molecule has 0 aliphatic rings. The van der Waals surface area contributed by atoms with E-state index in [-0.39, 0.29) is 27.8 Å². The molecule has 0 saturated heterocycles. The van der Waals surface area contributed by atoms with Crippen LogP contribution in [0.1, 0.15) is 15.9 Å². The number of para-hydroxylation sites is 1. The minimum Gasteiger partial charge on any atom is -0.449 e.